The van der Waals surface area contributed by atoms with Gasteiger partial charge in [-0.3, -0.25) is 4.79 Å². The Morgan fingerprint density at radius 2 is 1.73 bits per heavy atom. The molecule has 4 aromatic rings. The van der Waals surface area contributed by atoms with Crippen LogP contribution in [0.4, 0.5) is 0 Å². The van der Waals surface area contributed by atoms with Crippen molar-refractivity contribution < 1.29 is 9.21 Å². The second-order valence-electron chi connectivity index (χ2n) is 8.03. The van der Waals surface area contributed by atoms with Crippen molar-refractivity contribution in [2.45, 2.75) is 33.1 Å². The number of aldehydes is 1. The highest BCUT2D eigenvalue weighted by Gasteiger charge is 2.21. The zero-order valence-corrected chi connectivity index (χ0v) is 17.7. The van der Waals surface area contributed by atoms with E-state index >= 15 is 0 Å². The lowest BCUT2D eigenvalue weighted by Gasteiger charge is -2.22. The van der Waals surface area contributed by atoms with Crippen LogP contribution in [0.3, 0.4) is 0 Å². The van der Waals surface area contributed by atoms with E-state index in [1.807, 2.05) is 24.3 Å². The maximum absolute atomic E-state index is 11.5. The Morgan fingerprint density at radius 1 is 0.867 bits per heavy atom. The van der Waals surface area contributed by atoms with Gasteiger partial charge in [0.05, 0.1) is 6.26 Å². The van der Waals surface area contributed by atoms with Crippen molar-refractivity contribution >= 4 is 6.29 Å². The lowest BCUT2D eigenvalue weighted by Crippen LogP contribution is -2.08. The lowest BCUT2D eigenvalue weighted by atomic mass is 9.82. The van der Waals surface area contributed by atoms with Gasteiger partial charge in [0, 0.05) is 17.0 Å². The molecule has 1 atom stereocenters. The van der Waals surface area contributed by atoms with E-state index in [9.17, 15) is 4.79 Å². The van der Waals surface area contributed by atoms with E-state index in [1.54, 1.807) is 6.26 Å². The van der Waals surface area contributed by atoms with Crippen LogP contribution in [-0.2, 0) is 6.42 Å². The number of carbonyl (C=O) groups is 1. The topological polar surface area (TPSA) is 30.2 Å². The Labute approximate surface area is 178 Å². The Bertz CT molecular complexity index is 1170. The van der Waals surface area contributed by atoms with Crippen LogP contribution in [0.2, 0.25) is 0 Å². The molecule has 0 amide bonds. The molecular weight excluding hydrogens is 368 g/mol. The van der Waals surface area contributed by atoms with E-state index in [1.165, 1.54) is 33.4 Å². The van der Waals surface area contributed by atoms with Gasteiger partial charge >= 0.3 is 0 Å². The molecule has 0 N–H and O–H groups in total. The molecule has 0 saturated heterocycles. The molecule has 4 rings (SSSR count). The van der Waals surface area contributed by atoms with Gasteiger partial charge in [-0.1, -0.05) is 60.2 Å². The van der Waals surface area contributed by atoms with Gasteiger partial charge in [-0.15, -0.1) is 0 Å². The smallest absolute Gasteiger partial charge is 0.150 e. The van der Waals surface area contributed by atoms with Crippen molar-refractivity contribution in [2.75, 3.05) is 0 Å². The highest BCUT2D eigenvalue weighted by Crippen LogP contribution is 2.37. The molecule has 30 heavy (non-hydrogen) atoms. The van der Waals surface area contributed by atoms with Crippen molar-refractivity contribution in [3.05, 3.63) is 118 Å². The lowest BCUT2D eigenvalue weighted by molar-refractivity contribution is 0.112. The molecule has 1 heterocycles. The number of hydrogen-bond donors (Lipinski definition) is 0. The van der Waals surface area contributed by atoms with Crippen LogP contribution in [0, 0.1) is 20.8 Å². The van der Waals surface area contributed by atoms with Crippen LogP contribution in [0.25, 0.3) is 11.3 Å². The van der Waals surface area contributed by atoms with E-state index in [4.69, 9.17) is 4.42 Å². The fraction of sp³-hybridized carbons (Fsp3) is 0.179. The number of rotatable bonds is 6. The minimum absolute atomic E-state index is 0.146. The van der Waals surface area contributed by atoms with Crippen LogP contribution in [0.1, 0.15) is 49.7 Å². The molecule has 2 nitrogen and oxygen atoms in total. The van der Waals surface area contributed by atoms with Gasteiger partial charge in [0.2, 0.25) is 0 Å². The summed E-state index contributed by atoms with van der Waals surface area (Å²) in [6, 6.07) is 25.1. The molecule has 0 aliphatic heterocycles. The highest BCUT2D eigenvalue weighted by molar-refractivity contribution is 5.79. The fourth-order valence-corrected chi connectivity index (χ4v) is 4.06. The fourth-order valence-electron chi connectivity index (χ4n) is 4.06. The molecule has 0 fully saturated rings. The Balaban J connectivity index is 1.87. The summed E-state index contributed by atoms with van der Waals surface area (Å²) in [6.07, 6.45) is 3.44. The first-order valence-corrected chi connectivity index (χ1v) is 10.3. The minimum atomic E-state index is 0.146. The monoisotopic (exact) mass is 394 g/mol. The molecule has 0 radical (unpaired) electrons. The van der Waals surface area contributed by atoms with Crippen molar-refractivity contribution in [1.82, 2.24) is 0 Å². The molecule has 1 aromatic heterocycles. The summed E-state index contributed by atoms with van der Waals surface area (Å²) in [6.45, 7) is 6.43. The molecule has 2 heteroatoms. The van der Waals surface area contributed by atoms with E-state index < -0.39 is 0 Å². The summed E-state index contributed by atoms with van der Waals surface area (Å²) < 4.78 is 5.74. The van der Waals surface area contributed by atoms with Crippen LogP contribution >= 0.6 is 0 Å². The molecule has 150 valence electrons. The molecule has 0 aliphatic carbocycles. The van der Waals surface area contributed by atoms with Crippen LogP contribution in [0.5, 0.6) is 0 Å². The zero-order chi connectivity index (χ0) is 21.1. The molecule has 0 spiro atoms. The highest BCUT2D eigenvalue weighted by atomic mass is 16.3. The predicted molar refractivity (Wildman–Crippen MR) is 122 cm³/mol. The van der Waals surface area contributed by atoms with E-state index in [2.05, 4.69) is 69.3 Å². The van der Waals surface area contributed by atoms with E-state index in [-0.39, 0.29) is 5.92 Å². The predicted octanol–water partition coefficient (Wildman–Crippen LogP) is 7.06. The Kier molecular flexibility index (Phi) is 5.67. The normalized spacial score (nSPS) is 12.0. The summed E-state index contributed by atoms with van der Waals surface area (Å²) in [5, 5.41) is 0. The summed E-state index contributed by atoms with van der Waals surface area (Å²) in [7, 11) is 0. The SMILES string of the molecule is Cc1cccc(C(Cc2ccc(C)c(C)c2)c2ccc(C=O)cc2-c2ccco2)c1. The molecule has 1 unspecified atom stereocenters. The number of aryl methyl sites for hydroxylation is 3. The number of carbonyl (C=O) groups excluding carboxylic acids is 1. The van der Waals surface area contributed by atoms with Crippen molar-refractivity contribution in [1.29, 1.82) is 0 Å². The maximum atomic E-state index is 11.5. The second kappa shape index (κ2) is 8.54. The number of benzene rings is 3. The largest absolute Gasteiger partial charge is 0.464 e. The molecular formula is C28H26O2. The first-order valence-electron chi connectivity index (χ1n) is 10.3. The van der Waals surface area contributed by atoms with Gasteiger partial charge in [0.15, 0.2) is 0 Å². The van der Waals surface area contributed by atoms with Crippen LogP contribution in [0.15, 0.2) is 83.5 Å². The quantitative estimate of drug-likeness (QED) is 0.328. The van der Waals surface area contributed by atoms with Gasteiger partial charge in [-0.2, -0.15) is 0 Å². The Hall–Kier alpha value is -3.39. The first-order chi connectivity index (χ1) is 14.5. The van der Waals surface area contributed by atoms with Gasteiger partial charge < -0.3 is 4.42 Å². The Morgan fingerprint density at radius 3 is 2.43 bits per heavy atom. The third kappa shape index (κ3) is 4.13. The maximum Gasteiger partial charge on any atom is 0.150 e. The zero-order valence-electron chi connectivity index (χ0n) is 17.7. The summed E-state index contributed by atoms with van der Waals surface area (Å²) in [4.78, 5) is 11.5. The third-order valence-electron chi connectivity index (χ3n) is 5.83. The van der Waals surface area contributed by atoms with Crippen LogP contribution < -0.4 is 0 Å². The molecule has 0 aliphatic rings. The third-order valence-corrected chi connectivity index (χ3v) is 5.83. The standard InChI is InChI=1S/C28H26O2/c1-19-6-4-7-24(14-19)26(16-22-10-9-20(2)21(3)15-22)25-12-11-23(18-29)17-27(25)28-8-5-13-30-28/h4-15,17-18,26H,16H2,1-3H3. The van der Waals surface area contributed by atoms with Crippen LogP contribution in [-0.4, -0.2) is 6.29 Å². The van der Waals surface area contributed by atoms with E-state index in [0.29, 0.717) is 5.56 Å². The average Bonchev–Trinajstić information content (AvgIpc) is 3.29. The second-order valence-corrected chi connectivity index (χ2v) is 8.03. The number of hydrogen-bond acceptors (Lipinski definition) is 2. The first kappa shape index (κ1) is 19.9. The minimum Gasteiger partial charge on any atom is -0.464 e. The van der Waals surface area contributed by atoms with Gasteiger partial charge in [0.25, 0.3) is 0 Å². The summed E-state index contributed by atoms with van der Waals surface area (Å²) in [5.41, 5.74) is 9.20. The summed E-state index contributed by atoms with van der Waals surface area (Å²) >= 11 is 0. The van der Waals surface area contributed by atoms with Crippen molar-refractivity contribution in [3.8, 4) is 11.3 Å². The van der Waals surface area contributed by atoms with Gasteiger partial charge in [-0.25, -0.2) is 0 Å². The molecule has 0 saturated carbocycles. The van der Waals surface area contributed by atoms with Gasteiger partial charge in [0.1, 0.15) is 12.0 Å². The van der Waals surface area contributed by atoms with Crippen molar-refractivity contribution in [2.24, 2.45) is 0 Å². The van der Waals surface area contributed by atoms with Gasteiger partial charge in [-0.05, 0) is 73.2 Å². The average molecular weight is 395 g/mol. The van der Waals surface area contributed by atoms with Crippen molar-refractivity contribution in [3.63, 3.8) is 0 Å². The van der Waals surface area contributed by atoms with E-state index in [0.717, 1.165) is 24.0 Å². The molecule has 3 aromatic carbocycles. The molecule has 0 bridgehead atoms. The number of furan rings is 1. The summed E-state index contributed by atoms with van der Waals surface area (Å²) in [5.74, 6) is 0.930.